The van der Waals surface area contributed by atoms with Gasteiger partial charge < -0.3 is 5.32 Å². The van der Waals surface area contributed by atoms with E-state index in [0.29, 0.717) is 10.7 Å². The zero-order valence-corrected chi connectivity index (χ0v) is 15.2. The van der Waals surface area contributed by atoms with Crippen LogP contribution in [0.2, 0.25) is 5.02 Å². The van der Waals surface area contributed by atoms with E-state index >= 15 is 0 Å². The Morgan fingerprint density at radius 2 is 1.84 bits per heavy atom. The first-order chi connectivity index (χ1) is 12.1. The minimum absolute atomic E-state index is 0.109. The molecule has 25 heavy (non-hydrogen) atoms. The number of aryl methyl sites for hydroxylation is 1. The van der Waals surface area contributed by atoms with Crippen LogP contribution in [0.4, 0.5) is 5.69 Å². The fraction of sp³-hybridized carbons (Fsp3) is 0.100. The maximum Gasteiger partial charge on any atom is 0.242 e. The van der Waals surface area contributed by atoms with Crippen molar-refractivity contribution in [1.29, 1.82) is 0 Å². The van der Waals surface area contributed by atoms with E-state index in [4.69, 9.17) is 11.6 Å². The van der Waals surface area contributed by atoms with E-state index < -0.39 is 5.25 Å². The predicted molar refractivity (Wildman–Crippen MR) is 104 cm³/mol. The number of nitrogens with zero attached hydrogens (tertiary/aromatic N) is 1. The van der Waals surface area contributed by atoms with Crippen LogP contribution in [-0.2, 0) is 4.79 Å². The molecule has 3 aromatic rings. The summed E-state index contributed by atoms with van der Waals surface area (Å²) < 4.78 is 0. The van der Waals surface area contributed by atoms with Crippen LogP contribution in [0.3, 0.4) is 0 Å². The quantitative estimate of drug-likeness (QED) is 0.603. The van der Waals surface area contributed by atoms with Gasteiger partial charge in [0.1, 0.15) is 5.25 Å². The van der Waals surface area contributed by atoms with Gasteiger partial charge in [0.25, 0.3) is 0 Å². The molecule has 0 bridgehead atoms. The van der Waals surface area contributed by atoms with Gasteiger partial charge in [-0.15, -0.1) is 0 Å². The normalized spacial score (nSPS) is 11.8. The van der Waals surface area contributed by atoms with Crippen LogP contribution < -0.4 is 5.32 Å². The molecule has 2 aromatic carbocycles. The van der Waals surface area contributed by atoms with Gasteiger partial charge in [0, 0.05) is 16.9 Å². The van der Waals surface area contributed by atoms with Gasteiger partial charge in [-0.3, -0.25) is 4.79 Å². The average Bonchev–Trinajstić information content (AvgIpc) is 2.64. The molecule has 0 aliphatic carbocycles. The summed E-state index contributed by atoms with van der Waals surface area (Å²) in [5, 5.41) is 3.98. The summed E-state index contributed by atoms with van der Waals surface area (Å²) >= 11 is 7.58. The highest BCUT2D eigenvalue weighted by Gasteiger charge is 2.22. The molecule has 0 saturated carbocycles. The van der Waals surface area contributed by atoms with Crippen LogP contribution in [0.15, 0.2) is 78.0 Å². The SMILES string of the molecule is Cc1ccc(NC(=O)C(Sc2ccccn2)c2ccccc2)cc1Cl. The second kappa shape index (κ2) is 8.19. The van der Waals surface area contributed by atoms with E-state index in [0.717, 1.165) is 16.2 Å². The van der Waals surface area contributed by atoms with Crippen molar-refractivity contribution in [2.24, 2.45) is 0 Å². The van der Waals surface area contributed by atoms with Crippen molar-refractivity contribution in [3.8, 4) is 0 Å². The molecule has 0 fully saturated rings. The summed E-state index contributed by atoms with van der Waals surface area (Å²) in [5.41, 5.74) is 2.58. The van der Waals surface area contributed by atoms with Gasteiger partial charge in [-0.2, -0.15) is 0 Å². The van der Waals surface area contributed by atoms with Gasteiger partial charge in [0.15, 0.2) is 0 Å². The Balaban J connectivity index is 1.85. The predicted octanol–water partition coefficient (Wildman–Crippen LogP) is 5.52. The molecule has 0 aliphatic rings. The summed E-state index contributed by atoms with van der Waals surface area (Å²) in [6.45, 7) is 1.93. The molecular formula is C20H17ClN2OS. The zero-order valence-electron chi connectivity index (χ0n) is 13.6. The van der Waals surface area contributed by atoms with E-state index in [2.05, 4.69) is 10.3 Å². The Kier molecular flexibility index (Phi) is 5.74. The first-order valence-electron chi connectivity index (χ1n) is 7.83. The van der Waals surface area contributed by atoms with Gasteiger partial charge in [0.2, 0.25) is 5.91 Å². The van der Waals surface area contributed by atoms with Crippen LogP contribution in [0.5, 0.6) is 0 Å². The standard InChI is InChI=1S/C20H17ClN2OS/c1-14-10-11-16(13-17(14)21)23-20(24)19(15-7-3-2-4-8-15)25-18-9-5-6-12-22-18/h2-13,19H,1H3,(H,23,24). The van der Waals surface area contributed by atoms with E-state index in [1.165, 1.54) is 11.8 Å². The highest BCUT2D eigenvalue weighted by Crippen LogP contribution is 2.35. The Hall–Kier alpha value is -2.30. The number of anilines is 1. The molecule has 3 nitrogen and oxygen atoms in total. The van der Waals surface area contributed by atoms with Crippen molar-refractivity contribution in [3.05, 3.63) is 89.1 Å². The monoisotopic (exact) mass is 368 g/mol. The smallest absolute Gasteiger partial charge is 0.242 e. The lowest BCUT2D eigenvalue weighted by Crippen LogP contribution is -2.19. The molecule has 126 valence electrons. The number of hydrogen-bond donors (Lipinski definition) is 1. The third kappa shape index (κ3) is 4.62. The number of carbonyl (C=O) groups is 1. The number of aromatic nitrogens is 1. The molecule has 0 saturated heterocycles. The molecule has 1 heterocycles. The second-order valence-electron chi connectivity index (χ2n) is 5.53. The molecule has 1 N–H and O–H groups in total. The summed E-state index contributed by atoms with van der Waals surface area (Å²) in [7, 11) is 0. The van der Waals surface area contributed by atoms with Gasteiger partial charge in [0.05, 0.1) is 5.03 Å². The molecule has 1 atom stereocenters. The van der Waals surface area contributed by atoms with Crippen LogP contribution >= 0.6 is 23.4 Å². The third-order valence-corrected chi connectivity index (χ3v) is 5.27. The number of carbonyl (C=O) groups excluding carboxylic acids is 1. The number of benzene rings is 2. The number of pyridine rings is 1. The number of halogens is 1. The molecule has 5 heteroatoms. The van der Waals surface area contributed by atoms with Crippen molar-refractivity contribution in [3.63, 3.8) is 0 Å². The lowest BCUT2D eigenvalue weighted by atomic mass is 10.1. The molecule has 0 spiro atoms. The molecule has 0 aliphatic heterocycles. The van der Waals surface area contributed by atoms with Gasteiger partial charge in [-0.1, -0.05) is 65.8 Å². The lowest BCUT2D eigenvalue weighted by molar-refractivity contribution is -0.115. The Morgan fingerprint density at radius 3 is 2.52 bits per heavy atom. The summed E-state index contributed by atoms with van der Waals surface area (Å²) in [4.78, 5) is 17.2. The van der Waals surface area contributed by atoms with Crippen molar-refractivity contribution in [1.82, 2.24) is 4.98 Å². The second-order valence-corrected chi connectivity index (χ2v) is 7.06. The van der Waals surface area contributed by atoms with Crippen molar-refractivity contribution < 1.29 is 4.79 Å². The first kappa shape index (κ1) is 17.5. The van der Waals surface area contributed by atoms with Gasteiger partial charge in [-0.05, 0) is 42.3 Å². The maximum atomic E-state index is 12.9. The highest BCUT2D eigenvalue weighted by atomic mass is 35.5. The lowest BCUT2D eigenvalue weighted by Gasteiger charge is -2.17. The van der Waals surface area contributed by atoms with Crippen LogP contribution in [-0.4, -0.2) is 10.9 Å². The van der Waals surface area contributed by atoms with Crippen LogP contribution in [0, 0.1) is 6.92 Å². The number of thioether (sulfide) groups is 1. The Morgan fingerprint density at radius 1 is 1.08 bits per heavy atom. The Labute approximate surface area is 156 Å². The number of nitrogens with one attached hydrogen (secondary N) is 1. The number of amides is 1. The van der Waals surface area contributed by atoms with Crippen molar-refractivity contribution in [2.75, 3.05) is 5.32 Å². The van der Waals surface area contributed by atoms with E-state index in [9.17, 15) is 4.79 Å². The van der Waals surface area contributed by atoms with Crippen LogP contribution in [0.25, 0.3) is 0 Å². The molecular weight excluding hydrogens is 352 g/mol. The van der Waals surface area contributed by atoms with E-state index in [-0.39, 0.29) is 5.91 Å². The minimum atomic E-state index is -0.406. The molecule has 0 radical (unpaired) electrons. The Bertz CT molecular complexity index is 856. The fourth-order valence-electron chi connectivity index (χ4n) is 2.32. The molecule has 1 amide bonds. The highest BCUT2D eigenvalue weighted by molar-refractivity contribution is 8.00. The zero-order chi connectivity index (χ0) is 17.6. The number of rotatable bonds is 5. The third-order valence-electron chi connectivity index (χ3n) is 3.66. The maximum absolute atomic E-state index is 12.9. The topological polar surface area (TPSA) is 42.0 Å². The fourth-order valence-corrected chi connectivity index (χ4v) is 3.48. The molecule has 1 unspecified atom stereocenters. The average molecular weight is 369 g/mol. The van der Waals surface area contributed by atoms with Gasteiger partial charge in [-0.25, -0.2) is 4.98 Å². The summed E-state index contributed by atoms with van der Waals surface area (Å²) in [6.07, 6.45) is 1.72. The summed E-state index contributed by atoms with van der Waals surface area (Å²) in [5.74, 6) is -0.109. The minimum Gasteiger partial charge on any atom is -0.325 e. The first-order valence-corrected chi connectivity index (χ1v) is 9.09. The summed E-state index contributed by atoms with van der Waals surface area (Å²) in [6, 6.07) is 20.9. The largest absolute Gasteiger partial charge is 0.325 e. The van der Waals surface area contributed by atoms with Crippen LogP contribution in [0.1, 0.15) is 16.4 Å². The van der Waals surface area contributed by atoms with Crippen molar-refractivity contribution in [2.45, 2.75) is 17.2 Å². The molecule has 3 rings (SSSR count). The van der Waals surface area contributed by atoms with Gasteiger partial charge >= 0.3 is 0 Å². The van der Waals surface area contributed by atoms with E-state index in [1.54, 1.807) is 12.3 Å². The van der Waals surface area contributed by atoms with E-state index in [1.807, 2.05) is 67.6 Å². The molecule has 1 aromatic heterocycles. The van der Waals surface area contributed by atoms with Crippen molar-refractivity contribution >= 4 is 35.0 Å². The number of hydrogen-bond acceptors (Lipinski definition) is 3.